The average molecular weight is 276 g/mol. The summed E-state index contributed by atoms with van der Waals surface area (Å²) in [5, 5.41) is 2.86. The van der Waals surface area contributed by atoms with Crippen LogP contribution in [0.5, 0.6) is 0 Å². The highest BCUT2D eigenvalue weighted by molar-refractivity contribution is 6.18. The molecule has 2 N–H and O–H groups in total. The molecule has 1 aliphatic heterocycles. The fourth-order valence-electron chi connectivity index (χ4n) is 2.49. The van der Waals surface area contributed by atoms with Gasteiger partial charge < -0.3 is 10.3 Å². The summed E-state index contributed by atoms with van der Waals surface area (Å²) in [6, 6.07) is 15.4. The van der Waals surface area contributed by atoms with Crippen molar-refractivity contribution < 1.29 is 4.79 Å². The fourth-order valence-corrected chi connectivity index (χ4v) is 2.49. The van der Waals surface area contributed by atoms with Crippen LogP contribution in [0.15, 0.2) is 53.5 Å². The number of benzodiazepines with no additional fused rings is 1. The van der Waals surface area contributed by atoms with Crippen LogP contribution in [0.2, 0.25) is 0 Å². The molecule has 4 rings (SSSR count). The molecule has 5 nitrogen and oxygen atoms in total. The zero-order valence-electron chi connectivity index (χ0n) is 11.1. The Morgan fingerprint density at radius 1 is 1.00 bits per heavy atom. The number of para-hydroxylation sites is 3. The molecule has 2 heterocycles. The van der Waals surface area contributed by atoms with Crippen molar-refractivity contribution in [1.29, 1.82) is 0 Å². The molecule has 102 valence electrons. The van der Waals surface area contributed by atoms with Gasteiger partial charge in [-0.3, -0.25) is 9.79 Å². The van der Waals surface area contributed by atoms with Gasteiger partial charge in [0.15, 0.2) is 5.82 Å². The summed E-state index contributed by atoms with van der Waals surface area (Å²) in [4.78, 5) is 24.0. The largest absolute Gasteiger partial charge is 0.337 e. The molecule has 0 bridgehead atoms. The first-order valence-corrected chi connectivity index (χ1v) is 6.70. The molecule has 0 unspecified atom stereocenters. The van der Waals surface area contributed by atoms with Gasteiger partial charge in [-0.15, -0.1) is 0 Å². The van der Waals surface area contributed by atoms with E-state index in [-0.39, 0.29) is 12.5 Å². The summed E-state index contributed by atoms with van der Waals surface area (Å²) < 4.78 is 0. The topological polar surface area (TPSA) is 70.1 Å². The summed E-state index contributed by atoms with van der Waals surface area (Å²) in [5.41, 5.74) is 4.19. The van der Waals surface area contributed by atoms with Crippen LogP contribution in [0.25, 0.3) is 11.0 Å². The number of nitrogens with zero attached hydrogens (tertiary/aromatic N) is 2. The van der Waals surface area contributed by atoms with E-state index < -0.39 is 0 Å². The second kappa shape index (κ2) is 4.56. The van der Waals surface area contributed by atoms with Gasteiger partial charge in [0, 0.05) is 5.56 Å². The molecular formula is C16H12N4O. The van der Waals surface area contributed by atoms with Crippen LogP contribution in [0.1, 0.15) is 11.4 Å². The minimum atomic E-state index is -0.117. The molecule has 0 radical (unpaired) electrons. The Morgan fingerprint density at radius 3 is 2.71 bits per heavy atom. The van der Waals surface area contributed by atoms with E-state index in [1.165, 1.54) is 0 Å². The summed E-state index contributed by atoms with van der Waals surface area (Å²) in [6.45, 7) is 0.0983. The Balaban J connectivity index is 1.92. The number of aromatic amines is 1. The lowest BCUT2D eigenvalue weighted by atomic mass is 10.1. The standard InChI is InChI=1S/C16H12N4O/c21-14-9-17-15(10-5-1-2-6-11(10)18-14)16-19-12-7-3-4-8-13(12)20-16/h1-8H,9H2,(H,18,21)(H,19,20). The van der Waals surface area contributed by atoms with Crippen LogP contribution in [-0.4, -0.2) is 28.1 Å². The van der Waals surface area contributed by atoms with E-state index in [4.69, 9.17) is 0 Å². The predicted octanol–water partition coefficient (Wildman–Crippen LogP) is 2.35. The molecule has 2 aromatic carbocycles. The van der Waals surface area contributed by atoms with Crippen LogP contribution in [0.3, 0.4) is 0 Å². The molecule has 0 fully saturated rings. The zero-order valence-corrected chi connectivity index (χ0v) is 11.1. The van der Waals surface area contributed by atoms with Crippen LogP contribution in [0, 0.1) is 0 Å². The lowest BCUT2D eigenvalue weighted by Crippen LogP contribution is -2.13. The highest BCUT2D eigenvalue weighted by Gasteiger charge is 2.19. The first-order valence-electron chi connectivity index (χ1n) is 6.70. The maximum absolute atomic E-state index is 11.7. The molecule has 0 atom stereocenters. The van der Waals surface area contributed by atoms with Crippen molar-refractivity contribution >= 4 is 28.3 Å². The molecule has 1 amide bonds. The molecule has 1 aliphatic rings. The van der Waals surface area contributed by atoms with Gasteiger partial charge in [0.25, 0.3) is 0 Å². The van der Waals surface area contributed by atoms with Gasteiger partial charge in [-0.2, -0.15) is 0 Å². The number of hydrogen-bond acceptors (Lipinski definition) is 3. The Morgan fingerprint density at radius 2 is 1.81 bits per heavy atom. The maximum Gasteiger partial charge on any atom is 0.246 e. The first-order chi connectivity index (χ1) is 10.3. The molecule has 5 heteroatoms. The Hall–Kier alpha value is -2.95. The second-order valence-corrected chi connectivity index (χ2v) is 4.86. The van der Waals surface area contributed by atoms with Gasteiger partial charge in [0.1, 0.15) is 12.3 Å². The SMILES string of the molecule is O=C1CN=C(c2nc3ccccc3[nH]2)c2ccccc2N1. The van der Waals surface area contributed by atoms with E-state index in [0.29, 0.717) is 11.5 Å². The maximum atomic E-state index is 11.7. The van der Waals surface area contributed by atoms with Crippen molar-refractivity contribution in [2.45, 2.75) is 0 Å². The van der Waals surface area contributed by atoms with E-state index in [1.807, 2.05) is 48.5 Å². The minimum absolute atomic E-state index is 0.0983. The average Bonchev–Trinajstić information content (AvgIpc) is 2.85. The smallest absolute Gasteiger partial charge is 0.246 e. The Bertz CT molecular complexity index is 846. The molecule has 0 aliphatic carbocycles. The van der Waals surface area contributed by atoms with E-state index >= 15 is 0 Å². The normalized spacial score (nSPS) is 14.3. The van der Waals surface area contributed by atoms with Crippen LogP contribution in [0.4, 0.5) is 5.69 Å². The number of rotatable bonds is 1. The predicted molar refractivity (Wildman–Crippen MR) is 81.7 cm³/mol. The Kier molecular flexibility index (Phi) is 2.57. The number of fused-ring (bicyclic) bond motifs is 2. The number of amides is 1. The van der Waals surface area contributed by atoms with Gasteiger partial charge in [-0.1, -0.05) is 30.3 Å². The molecule has 1 aromatic heterocycles. The van der Waals surface area contributed by atoms with Gasteiger partial charge in [-0.25, -0.2) is 4.98 Å². The van der Waals surface area contributed by atoms with Crippen molar-refractivity contribution in [3.8, 4) is 0 Å². The number of anilines is 1. The van der Waals surface area contributed by atoms with Gasteiger partial charge in [-0.05, 0) is 18.2 Å². The molecule has 21 heavy (non-hydrogen) atoms. The van der Waals surface area contributed by atoms with Crippen molar-refractivity contribution in [2.75, 3.05) is 11.9 Å². The fraction of sp³-hybridized carbons (Fsp3) is 0.0625. The monoisotopic (exact) mass is 276 g/mol. The van der Waals surface area contributed by atoms with Crippen molar-refractivity contribution in [3.63, 3.8) is 0 Å². The van der Waals surface area contributed by atoms with Crippen LogP contribution < -0.4 is 5.32 Å². The third-order valence-corrected chi connectivity index (χ3v) is 3.45. The van der Waals surface area contributed by atoms with Gasteiger partial charge in [0.2, 0.25) is 5.91 Å². The Labute approximate surface area is 120 Å². The zero-order chi connectivity index (χ0) is 14.2. The number of H-pyrrole nitrogens is 1. The lowest BCUT2D eigenvalue weighted by Gasteiger charge is -2.07. The van der Waals surface area contributed by atoms with Crippen molar-refractivity contribution in [1.82, 2.24) is 9.97 Å². The van der Waals surface area contributed by atoms with Crippen LogP contribution >= 0.6 is 0 Å². The van der Waals surface area contributed by atoms with E-state index in [0.717, 1.165) is 22.3 Å². The third kappa shape index (κ3) is 1.99. The van der Waals surface area contributed by atoms with Crippen molar-refractivity contribution in [3.05, 3.63) is 59.9 Å². The number of benzene rings is 2. The number of aliphatic imine (C=N–C) groups is 1. The second-order valence-electron chi connectivity index (χ2n) is 4.86. The molecule has 0 saturated heterocycles. The highest BCUT2D eigenvalue weighted by atomic mass is 16.1. The number of imidazole rings is 1. The number of aromatic nitrogens is 2. The van der Waals surface area contributed by atoms with E-state index in [9.17, 15) is 4.79 Å². The van der Waals surface area contributed by atoms with E-state index in [2.05, 4.69) is 20.3 Å². The molecule has 0 saturated carbocycles. The minimum Gasteiger partial charge on any atom is -0.337 e. The van der Waals surface area contributed by atoms with E-state index in [1.54, 1.807) is 0 Å². The summed E-state index contributed by atoms with van der Waals surface area (Å²) in [7, 11) is 0. The molecule has 3 aromatic rings. The highest BCUT2D eigenvalue weighted by Crippen LogP contribution is 2.22. The number of hydrogen-bond donors (Lipinski definition) is 2. The summed E-state index contributed by atoms with van der Waals surface area (Å²) in [6.07, 6.45) is 0. The van der Waals surface area contributed by atoms with Crippen LogP contribution in [-0.2, 0) is 4.79 Å². The quantitative estimate of drug-likeness (QED) is 0.716. The van der Waals surface area contributed by atoms with Crippen molar-refractivity contribution in [2.24, 2.45) is 4.99 Å². The lowest BCUT2D eigenvalue weighted by molar-refractivity contribution is -0.114. The summed E-state index contributed by atoms with van der Waals surface area (Å²) >= 11 is 0. The third-order valence-electron chi connectivity index (χ3n) is 3.45. The number of carbonyl (C=O) groups excluding carboxylic acids is 1. The molecular weight excluding hydrogens is 264 g/mol. The number of carbonyl (C=O) groups is 1. The summed E-state index contributed by atoms with van der Waals surface area (Å²) in [5.74, 6) is 0.564. The van der Waals surface area contributed by atoms with Gasteiger partial charge >= 0.3 is 0 Å². The number of nitrogens with one attached hydrogen (secondary N) is 2. The molecule has 0 spiro atoms. The first kappa shape index (κ1) is 11.8. The van der Waals surface area contributed by atoms with Gasteiger partial charge in [0.05, 0.1) is 16.7 Å².